The van der Waals surface area contributed by atoms with E-state index in [-0.39, 0.29) is 11.9 Å². The van der Waals surface area contributed by atoms with Crippen LogP contribution in [-0.2, 0) is 7.05 Å². The lowest BCUT2D eigenvalue weighted by molar-refractivity contribution is -0.0517. The molecule has 2 unspecified atom stereocenters. The Kier molecular flexibility index (Phi) is 3.68. The van der Waals surface area contributed by atoms with Crippen molar-refractivity contribution in [1.82, 2.24) is 14.7 Å². The SMILES string of the molecule is CC1C2CC(C2)N(C(=O)c2nn(C)cc2-c2ccccc2)C1CN. The fraction of sp³-hybridized carbons (Fsp3) is 0.474. The highest BCUT2D eigenvalue weighted by atomic mass is 16.2. The lowest BCUT2D eigenvalue weighted by Gasteiger charge is -2.57. The lowest BCUT2D eigenvalue weighted by Crippen LogP contribution is -2.64. The topological polar surface area (TPSA) is 64.2 Å². The Bertz CT molecular complexity index is 748. The Balaban J connectivity index is 1.72. The number of carbonyl (C=O) groups excluding carboxylic acids is 1. The van der Waals surface area contributed by atoms with Crippen LogP contribution in [0.4, 0.5) is 0 Å². The monoisotopic (exact) mass is 324 g/mol. The van der Waals surface area contributed by atoms with Gasteiger partial charge in [-0.15, -0.1) is 0 Å². The normalized spacial score (nSPS) is 28.5. The predicted molar refractivity (Wildman–Crippen MR) is 93.3 cm³/mol. The molecule has 1 aromatic carbocycles. The minimum absolute atomic E-state index is 0.0277. The largest absolute Gasteiger partial charge is 0.330 e. The first-order chi connectivity index (χ1) is 11.6. The maximum Gasteiger partial charge on any atom is 0.275 e. The maximum atomic E-state index is 13.4. The van der Waals surface area contributed by atoms with Crippen molar-refractivity contribution < 1.29 is 4.79 Å². The number of hydrogen-bond donors (Lipinski definition) is 1. The Labute approximate surface area is 142 Å². The Morgan fingerprint density at radius 2 is 2.00 bits per heavy atom. The van der Waals surface area contributed by atoms with Gasteiger partial charge in [-0.05, 0) is 30.2 Å². The predicted octanol–water partition coefficient (Wildman–Crippen LogP) is 2.28. The summed E-state index contributed by atoms with van der Waals surface area (Å²) in [5.41, 5.74) is 8.48. The van der Waals surface area contributed by atoms with Crippen LogP contribution < -0.4 is 5.73 Å². The molecule has 126 valence electrons. The van der Waals surface area contributed by atoms with Gasteiger partial charge >= 0.3 is 0 Å². The smallest absolute Gasteiger partial charge is 0.275 e. The molecule has 24 heavy (non-hydrogen) atoms. The molecule has 2 atom stereocenters. The molecular weight excluding hydrogens is 300 g/mol. The zero-order valence-electron chi connectivity index (χ0n) is 14.2. The lowest BCUT2D eigenvalue weighted by atomic mass is 9.64. The van der Waals surface area contributed by atoms with Gasteiger partial charge in [-0.1, -0.05) is 37.3 Å². The number of fused-ring (bicyclic) bond motifs is 2. The Morgan fingerprint density at radius 1 is 1.29 bits per heavy atom. The van der Waals surface area contributed by atoms with E-state index in [1.165, 1.54) is 0 Å². The molecule has 3 aliphatic rings. The van der Waals surface area contributed by atoms with Gasteiger partial charge in [-0.3, -0.25) is 9.48 Å². The number of hydrogen-bond acceptors (Lipinski definition) is 3. The average molecular weight is 324 g/mol. The van der Waals surface area contributed by atoms with Gasteiger partial charge in [-0.25, -0.2) is 0 Å². The molecule has 2 N–H and O–H groups in total. The van der Waals surface area contributed by atoms with Crippen LogP contribution in [0.3, 0.4) is 0 Å². The number of carbonyl (C=O) groups is 1. The highest BCUT2D eigenvalue weighted by molar-refractivity contribution is 5.99. The number of nitrogens with two attached hydrogens (primary N) is 1. The molecule has 2 aromatic rings. The summed E-state index contributed by atoms with van der Waals surface area (Å²) < 4.78 is 1.73. The molecule has 0 spiro atoms. The minimum Gasteiger partial charge on any atom is -0.330 e. The van der Waals surface area contributed by atoms with Crippen LogP contribution in [0.1, 0.15) is 30.3 Å². The van der Waals surface area contributed by atoms with Gasteiger partial charge in [-0.2, -0.15) is 5.10 Å². The maximum absolute atomic E-state index is 13.4. The van der Waals surface area contributed by atoms with Crippen molar-refractivity contribution in [2.45, 2.75) is 31.8 Å². The van der Waals surface area contributed by atoms with Crippen molar-refractivity contribution in [2.75, 3.05) is 6.54 Å². The summed E-state index contributed by atoms with van der Waals surface area (Å²) >= 11 is 0. The number of nitrogens with zero attached hydrogens (tertiary/aromatic N) is 3. The van der Waals surface area contributed by atoms with Crippen LogP contribution in [0.25, 0.3) is 11.1 Å². The number of piperidine rings is 2. The highest BCUT2D eigenvalue weighted by Crippen LogP contribution is 2.46. The van der Waals surface area contributed by atoms with E-state index in [0.717, 1.165) is 29.9 Å². The van der Waals surface area contributed by atoms with Crippen molar-refractivity contribution >= 4 is 5.91 Å². The van der Waals surface area contributed by atoms with Crippen molar-refractivity contribution in [3.63, 3.8) is 0 Å². The van der Waals surface area contributed by atoms with E-state index in [9.17, 15) is 4.79 Å². The molecule has 5 heteroatoms. The number of aromatic nitrogens is 2. The third-order valence-electron chi connectivity index (χ3n) is 5.84. The fourth-order valence-corrected chi connectivity index (χ4v) is 4.37. The third kappa shape index (κ3) is 2.26. The van der Waals surface area contributed by atoms with E-state index in [2.05, 4.69) is 12.0 Å². The van der Waals surface area contributed by atoms with E-state index in [0.29, 0.717) is 24.2 Å². The van der Waals surface area contributed by atoms with Gasteiger partial charge in [0.15, 0.2) is 5.69 Å². The average Bonchev–Trinajstić information content (AvgIpc) is 2.95. The van der Waals surface area contributed by atoms with Crippen LogP contribution in [0.15, 0.2) is 36.5 Å². The van der Waals surface area contributed by atoms with E-state index >= 15 is 0 Å². The standard InChI is InChI=1S/C19H24N4O/c1-12-14-8-15(9-14)23(17(12)10-20)19(24)18-16(11-22(2)21-18)13-6-4-3-5-7-13/h3-7,11-12,14-15,17H,8-10,20H2,1-2H3. The van der Waals surface area contributed by atoms with Crippen LogP contribution in [0, 0.1) is 11.8 Å². The summed E-state index contributed by atoms with van der Waals surface area (Å²) in [4.78, 5) is 15.4. The Hall–Kier alpha value is -2.14. The summed E-state index contributed by atoms with van der Waals surface area (Å²) in [6.45, 7) is 2.75. The summed E-state index contributed by atoms with van der Waals surface area (Å²) in [5, 5.41) is 4.49. The van der Waals surface area contributed by atoms with Crippen LogP contribution in [0.2, 0.25) is 0 Å². The number of aryl methyl sites for hydroxylation is 1. The Morgan fingerprint density at radius 3 is 2.67 bits per heavy atom. The van der Waals surface area contributed by atoms with Crippen LogP contribution >= 0.6 is 0 Å². The van der Waals surface area contributed by atoms with E-state index < -0.39 is 0 Å². The zero-order valence-corrected chi connectivity index (χ0v) is 14.2. The number of benzene rings is 1. The van der Waals surface area contributed by atoms with Gasteiger partial charge < -0.3 is 10.6 Å². The molecule has 2 saturated heterocycles. The molecule has 5 rings (SSSR count). The second kappa shape index (κ2) is 5.74. The van der Waals surface area contributed by atoms with Gasteiger partial charge in [0.2, 0.25) is 0 Å². The molecule has 2 aliphatic heterocycles. The zero-order chi connectivity index (χ0) is 16.8. The number of amides is 1. The van der Waals surface area contributed by atoms with Crippen molar-refractivity contribution in [2.24, 2.45) is 24.6 Å². The van der Waals surface area contributed by atoms with E-state index in [4.69, 9.17) is 5.73 Å². The molecule has 3 fully saturated rings. The molecule has 1 aliphatic carbocycles. The highest BCUT2D eigenvalue weighted by Gasteiger charge is 2.50. The third-order valence-corrected chi connectivity index (χ3v) is 5.84. The minimum atomic E-state index is 0.0277. The summed E-state index contributed by atoms with van der Waals surface area (Å²) in [6.07, 6.45) is 4.14. The molecule has 2 bridgehead atoms. The molecule has 1 aromatic heterocycles. The second-order valence-corrected chi connectivity index (χ2v) is 7.19. The summed E-state index contributed by atoms with van der Waals surface area (Å²) in [7, 11) is 1.86. The fourth-order valence-electron chi connectivity index (χ4n) is 4.37. The first kappa shape index (κ1) is 15.4. The molecule has 5 nitrogen and oxygen atoms in total. The van der Waals surface area contributed by atoms with Gasteiger partial charge in [0.05, 0.1) is 0 Å². The van der Waals surface area contributed by atoms with Crippen LogP contribution in [0.5, 0.6) is 0 Å². The summed E-state index contributed by atoms with van der Waals surface area (Å²) in [5.74, 6) is 1.22. The number of rotatable bonds is 3. The quantitative estimate of drug-likeness (QED) is 0.942. The van der Waals surface area contributed by atoms with Gasteiger partial charge in [0.25, 0.3) is 5.91 Å². The molecule has 1 amide bonds. The van der Waals surface area contributed by atoms with Crippen molar-refractivity contribution in [3.05, 3.63) is 42.2 Å². The van der Waals surface area contributed by atoms with Gasteiger partial charge in [0, 0.05) is 37.4 Å². The first-order valence-corrected chi connectivity index (χ1v) is 8.72. The molecule has 0 radical (unpaired) electrons. The van der Waals surface area contributed by atoms with Gasteiger partial charge in [0.1, 0.15) is 0 Å². The first-order valence-electron chi connectivity index (χ1n) is 8.72. The second-order valence-electron chi connectivity index (χ2n) is 7.19. The van der Waals surface area contributed by atoms with Crippen LogP contribution in [-0.4, -0.2) is 39.2 Å². The molecular formula is C19H24N4O. The summed E-state index contributed by atoms with van der Waals surface area (Å²) in [6, 6.07) is 10.4. The molecule has 3 heterocycles. The van der Waals surface area contributed by atoms with E-state index in [1.807, 2.05) is 48.5 Å². The molecule has 1 saturated carbocycles. The van der Waals surface area contributed by atoms with E-state index in [1.54, 1.807) is 4.68 Å². The van der Waals surface area contributed by atoms with Crippen molar-refractivity contribution in [1.29, 1.82) is 0 Å². The van der Waals surface area contributed by atoms with Crippen molar-refractivity contribution in [3.8, 4) is 11.1 Å².